The summed E-state index contributed by atoms with van der Waals surface area (Å²) in [6, 6.07) is 7.71. The summed E-state index contributed by atoms with van der Waals surface area (Å²) < 4.78 is 5.92. The quantitative estimate of drug-likeness (QED) is 0.666. The van der Waals surface area contributed by atoms with Crippen molar-refractivity contribution >= 4 is 50.6 Å². The van der Waals surface area contributed by atoms with E-state index in [0.717, 1.165) is 34.7 Å². The SMILES string of the molecule is Clc1ccc(C2CN(c3ncnc4sccc34)CCO2)cc1Cl. The number of rotatable bonds is 2. The van der Waals surface area contributed by atoms with Crippen molar-refractivity contribution in [3.8, 4) is 0 Å². The van der Waals surface area contributed by atoms with Crippen molar-refractivity contribution in [2.45, 2.75) is 6.10 Å². The molecular weight excluding hydrogens is 353 g/mol. The van der Waals surface area contributed by atoms with Crippen molar-refractivity contribution in [3.63, 3.8) is 0 Å². The van der Waals surface area contributed by atoms with Gasteiger partial charge in [-0.3, -0.25) is 0 Å². The van der Waals surface area contributed by atoms with E-state index in [1.807, 2.05) is 23.6 Å². The van der Waals surface area contributed by atoms with Crippen LogP contribution < -0.4 is 4.90 Å². The lowest BCUT2D eigenvalue weighted by atomic mass is 10.1. The summed E-state index contributed by atoms with van der Waals surface area (Å²) in [5.41, 5.74) is 1.03. The summed E-state index contributed by atoms with van der Waals surface area (Å²) in [5, 5.41) is 4.23. The molecule has 3 aromatic rings. The summed E-state index contributed by atoms with van der Waals surface area (Å²) >= 11 is 13.8. The van der Waals surface area contributed by atoms with Crippen LogP contribution >= 0.6 is 34.5 Å². The molecule has 23 heavy (non-hydrogen) atoms. The van der Waals surface area contributed by atoms with E-state index < -0.39 is 0 Å². The van der Waals surface area contributed by atoms with Crippen molar-refractivity contribution in [1.29, 1.82) is 0 Å². The molecule has 1 saturated heterocycles. The highest BCUT2D eigenvalue weighted by Crippen LogP contribution is 2.32. The average Bonchev–Trinajstić information content (AvgIpc) is 3.06. The summed E-state index contributed by atoms with van der Waals surface area (Å²) in [4.78, 5) is 12.0. The van der Waals surface area contributed by atoms with Gasteiger partial charge >= 0.3 is 0 Å². The van der Waals surface area contributed by atoms with Crippen LogP contribution in [-0.4, -0.2) is 29.7 Å². The number of anilines is 1. The first-order chi connectivity index (χ1) is 11.2. The molecule has 7 heteroatoms. The maximum Gasteiger partial charge on any atom is 0.140 e. The Labute approximate surface area is 147 Å². The second kappa shape index (κ2) is 6.24. The van der Waals surface area contributed by atoms with Gasteiger partial charge in [-0.25, -0.2) is 9.97 Å². The molecular formula is C16H13Cl2N3OS. The molecule has 1 atom stereocenters. The fraction of sp³-hybridized carbons (Fsp3) is 0.250. The third kappa shape index (κ3) is 2.90. The predicted molar refractivity (Wildman–Crippen MR) is 94.8 cm³/mol. The van der Waals surface area contributed by atoms with Crippen molar-refractivity contribution in [2.75, 3.05) is 24.6 Å². The fourth-order valence-electron chi connectivity index (χ4n) is 2.78. The molecule has 2 aromatic heterocycles. The van der Waals surface area contributed by atoms with Gasteiger partial charge in [-0.1, -0.05) is 29.3 Å². The van der Waals surface area contributed by atoms with E-state index in [4.69, 9.17) is 27.9 Å². The first kappa shape index (κ1) is 15.1. The molecule has 1 aromatic carbocycles. The normalized spacial score (nSPS) is 18.5. The second-order valence-corrected chi connectivity index (χ2v) is 7.02. The standard InChI is InChI=1S/C16H13Cl2N3OS/c17-12-2-1-10(7-13(12)18)14-8-21(4-5-22-14)15-11-3-6-23-16(11)20-9-19-15/h1-3,6-7,9,14H,4-5,8H2. The van der Waals surface area contributed by atoms with Crippen LogP contribution in [0.1, 0.15) is 11.7 Å². The monoisotopic (exact) mass is 365 g/mol. The number of halogens is 2. The molecule has 0 radical (unpaired) electrons. The van der Waals surface area contributed by atoms with Gasteiger partial charge in [0, 0.05) is 13.1 Å². The Morgan fingerprint density at radius 3 is 2.96 bits per heavy atom. The topological polar surface area (TPSA) is 38.2 Å². The van der Waals surface area contributed by atoms with Crippen LogP contribution in [0.2, 0.25) is 10.0 Å². The van der Waals surface area contributed by atoms with E-state index >= 15 is 0 Å². The van der Waals surface area contributed by atoms with E-state index in [2.05, 4.69) is 20.9 Å². The number of thiophene rings is 1. The number of hydrogen-bond donors (Lipinski definition) is 0. The Morgan fingerprint density at radius 1 is 1.17 bits per heavy atom. The molecule has 0 spiro atoms. The Kier molecular flexibility index (Phi) is 4.11. The van der Waals surface area contributed by atoms with Gasteiger partial charge in [-0.05, 0) is 29.1 Å². The number of aromatic nitrogens is 2. The third-order valence-corrected chi connectivity index (χ3v) is 5.48. The van der Waals surface area contributed by atoms with E-state index in [1.165, 1.54) is 0 Å². The fourth-order valence-corrected chi connectivity index (χ4v) is 3.82. The van der Waals surface area contributed by atoms with Gasteiger partial charge in [0.25, 0.3) is 0 Å². The minimum atomic E-state index is -0.0535. The van der Waals surface area contributed by atoms with Crippen LogP contribution in [0.4, 0.5) is 5.82 Å². The van der Waals surface area contributed by atoms with Gasteiger partial charge in [0.15, 0.2) is 0 Å². The van der Waals surface area contributed by atoms with E-state index in [-0.39, 0.29) is 6.10 Å². The molecule has 4 nitrogen and oxygen atoms in total. The van der Waals surface area contributed by atoms with Crippen LogP contribution in [0.25, 0.3) is 10.2 Å². The van der Waals surface area contributed by atoms with Gasteiger partial charge in [0.1, 0.15) is 23.1 Å². The molecule has 1 unspecified atom stereocenters. The largest absolute Gasteiger partial charge is 0.370 e. The average molecular weight is 366 g/mol. The molecule has 118 valence electrons. The summed E-state index contributed by atoms with van der Waals surface area (Å²) in [6.07, 6.45) is 1.57. The summed E-state index contributed by atoms with van der Waals surface area (Å²) in [5.74, 6) is 0.963. The molecule has 1 aliphatic rings. The van der Waals surface area contributed by atoms with Crippen LogP contribution in [0.5, 0.6) is 0 Å². The highest BCUT2D eigenvalue weighted by molar-refractivity contribution is 7.16. The molecule has 1 fully saturated rings. The minimum Gasteiger partial charge on any atom is -0.370 e. The molecule has 3 heterocycles. The molecule has 0 N–H and O–H groups in total. The van der Waals surface area contributed by atoms with Crippen molar-refractivity contribution < 1.29 is 4.74 Å². The van der Waals surface area contributed by atoms with Gasteiger partial charge in [0.05, 0.1) is 22.0 Å². The van der Waals surface area contributed by atoms with E-state index in [1.54, 1.807) is 17.7 Å². The summed E-state index contributed by atoms with van der Waals surface area (Å²) in [7, 11) is 0. The van der Waals surface area contributed by atoms with Crippen molar-refractivity contribution in [1.82, 2.24) is 9.97 Å². The Balaban J connectivity index is 1.64. The smallest absolute Gasteiger partial charge is 0.140 e. The molecule has 0 aliphatic carbocycles. The first-order valence-corrected chi connectivity index (χ1v) is 8.85. The number of fused-ring (bicyclic) bond motifs is 1. The first-order valence-electron chi connectivity index (χ1n) is 7.22. The molecule has 1 aliphatic heterocycles. The minimum absolute atomic E-state index is 0.0535. The van der Waals surface area contributed by atoms with Gasteiger partial charge in [0.2, 0.25) is 0 Å². The number of nitrogens with zero attached hydrogens (tertiary/aromatic N) is 3. The lowest BCUT2D eigenvalue weighted by Gasteiger charge is -2.34. The zero-order valence-corrected chi connectivity index (χ0v) is 14.4. The lowest BCUT2D eigenvalue weighted by molar-refractivity contribution is 0.0396. The Hall–Kier alpha value is -1.40. The number of hydrogen-bond acceptors (Lipinski definition) is 5. The van der Waals surface area contributed by atoms with Crippen molar-refractivity contribution in [2.24, 2.45) is 0 Å². The molecule has 4 rings (SSSR count). The second-order valence-electron chi connectivity index (χ2n) is 5.32. The van der Waals surface area contributed by atoms with Gasteiger partial charge in [-0.2, -0.15) is 0 Å². The molecule has 0 bridgehead atoms. The lowest BCUT2D eigenvalue weighted by Crippen LogP contribution is -2.39. The highest BCUT2D eigenvalue weighted by atomic mass is 35.5. The molecule has 0 amide bonds. The summed E-state index contributed by atoms with van der Waals surface area (Å²) in [6.45, 7) is 2.17. The predicted octanol–water partition coefficient (Wildman–Crippen LogP) is 4.58. The van der Waals surface area contributed by atoms with Crippen LogP contribution in [0.3, 0.4) is 0 Å². The van der Waals surface area contributed by atoms with Crippen molar-refractivity contribution in [3.05, 3.63) is 51.6 Å². The maximum absolute atomic E-state index is 6.13. The maximum atomic E-state index is 6.13. The van der Waals surface area contributed by atoms with Crippen LogP contribution in [0.15, 0.2) is 36.0 Å². The number of ether oxygens (including phenoxy) is 1. The Bertz CT molecular complexity index is 854. The van der Waals surface area contributed by atoms with Crippen LogP contribution in [0, 0.1) is 0 Å². The van der Waals surface area contributed by atoms with Crippen LogP contribution in [-0.2, 0) is 4.74 Å². The Morgan fingerprint density at radius 2 is 2.09 bits per heavy atom. The number of benzene rings is 1. The zero-order valence-electron chi connectivity index (χ0n) is 12.1. The highest BCUT2D eigenvalue weighted by Gasteiger charge is 2.24. The zero-order chi connectivity index (χ0) is 15.8. The van der Waals surface area contributed by atoms with Gasteiger partial charge in [-0.15, -0.1) is 11.3 Å². The van der Waals surface area contributed by atoms with Gasteiger partial charge < -0.3 is 9.64 Å². The number of morpholine rings is 1. The van der Waals surface area contributed by atoms with E-state index in [0.29, 0.717) is 16.7 Å². The molecule has 0 saturated carbocycles. The van der Waals surface area contributed by atoms with E-state index in [9.17, 15) is 0 Å². The third-order valence-electron chi connectivity index (χ3n) is 3.92.